The highest BCUT2D eigenvalue weighted by Crippen LogP contribution is 2.15. The molecule has 0 aromatic heterocycles. The van der Waals surface area contributed by atoms with E-state index < -0.39 is 0 Å². The Morgan fingerprint density at radius 3 is 2.31 bits per heavy atom. The zero-order valence-corrected chi connectivity index (χ0v) is 19.9. The molecule has 176 valence electrons. The number of benzene rings is 2. The van der Waals surface area contributed by atoms with E-state index >= 15 is 0 Å². The highest BCUT2D eigenvalue weighted by Gasteiger charge is 2.28. The van der Waals surface area contributed by atoms with E-state index in [0.29, 0.717) is 19.0 Å². The molecule has 2 aromatic rings. The number of carbonyl (C=O) groups excluding carboxylic acids is 1. The first-order valence-corrected chi connectivity index (χ1v) is 11.7. The Bertz CT molecular complexity index is 775. The smallest absolute Gasteiger partial charge is 0.317 e. The minimum absolute atomic E-state index is 0.0219. The quantitative estimate of drug-likeness (QED) is 0.683. The summed E-state index contributed by atoms with van der Waals surface area (Å²) in [5.74, 6) is 1.31. The Hall–Kier alpha value is -2.60. The number of piperidine rings is 1. The fourth-order valence-electron chi connectivity index (χ4n) is 3.59. The summed E-state index contributed by atoms with van der Waals surface area (Å²) in [6.45, 7) is 10.3. The van der Waals surface area contributed by atoms with Crippen molar-refractivity contribution in [3.63, 3.8) is 0 Å². The third-order valence-electron chi connectivity index (χ3n) is 5.43. The maximum Gasteiger partial charge on any atom is 0.317 e. The number of likely N-dealkylation sites (tertiary alicyclic amines) is 1. The van der Waals surface area contributed by atoms with Gasteiger partial charge >= 0.3 is 6.03 Å². The summed E-state index contributed by atoms with van der Waals surface area (Å²) in [6, 6.07) is 16.5. The van der Waals surface area contributed by atoms with Crippen molar-refractivity contribution >= 4 is 6.03 Å². The molecular weight excluding hydrogens is 405 g/mol. The number of nitrogens with zero attached hydrogens (tertiary/aromatic N) is 1. The van der Waals surface area contributed by atoms with Crippen molar-refractivity contribution in [3.05, 3.63) is 66.0 Å². The SMILES string of the molecule is CC(C)COc1ccccc1.CCNC(=O)N(Cc1ccc(F)cc1)C1CC[NH+](C)CC1. The van der Waals surface area contributed by atoms with Crippen LogP contribution in [0.25, 0.3) is 0 Å². The van der Waals surface area contributed by atoms with Gasteiger partial charge in [0.25, 0.3) is 0 Å². The van der Waals surface area contributed by atoms with Crippen LogP contribution in [-0.4, -0.2) is 50.3 Å². The third-order valence-corrected chi connectivity index (χ3v) is 5.43. The van der Waals surface area contributed by atoms with Crippen molar-refractivity contribution in [3.8, 4) is 5.75 Å². The average Bonchev–Trinajstić information content (AvgIpc) is 2.79. The molecule has 1 fully saturated rings. The van der Waals surface area contributed by atoms with Gasteiger partial charge in [0.2, 0.25) is 0 Å². The van der Waals surface area contributed by atoms with Gasteiger partial charge in [-0.15, -0.1) is 0 Å². The minimum Gasteiger partial charge on any atom is -0.493 e. The molecule has 2 aromatic carbocycles. The predicted octanol–water partition coefficient (Wildman–Crippen LogP) is 3.76. The Balaban J connectivity index is 0.000000278. The first-order valence-electron chi connectivity index (χ1n) is 11.7. The van der Waals surface area contributed by atoms with Gasteiger partial charge in [-0.3, -0.25) is 0 Å². The lowest BCUT2D eigenvalue weighted by molar-refractivity contribution is -0.885. The van der Waals surface area contributed by atoms with Crippen LogP contribution in [0.2, 0.25) is 0 Å². The summed E-state index contributed by atoms with van der Waals surface area (Å²) < 4.78 is 18.5. The van der Waals surface area contributed by atoms with Crippen LogP contribution in [0.4, 0.5) is 9.18 Å². The molecule has 0 saturated carbocycles. The number of nitrogens with one attached hydrogen (secondary N) is 2. The van der Waals surface area contributed by atoms with Gasteiger partial charge in [0.05, 0.1) is 26.7 Å². The fraction of sp³-hybridized carbons (Fsp3) is 0.500. The molecule has 0 unspecified atom stereocenters. The Morgan fingerprint density at radius 1 is 1.12 bits per heavy atom. The lowest BCUT2D eigenvalue weighted by atomic mass is 10.0. The highest BCUT2D eigenvalue weighted by atomic mass is 19.1. The summed E-state index contributed by atoms with van der Waals surface area (Å²) in [6.07, 6.45) is 2.04. The molecule has 3 rings (SSSR count). The average molecular weight is 445 g/mol. The largest absolute Gasteiger partial charge is 0.493 e. The number of rotatable bonds is 7. The fourth-order valence-corrected chi connectivity index (χ4v) is 3.59. The molecule has 1 heterocycles. The molecule has 32 heavy (non-hydrogen) atoms. The number of halogens is 1. The van der Waals surface area contributed by atoms with E-state index in [0.717, 1.165) is 43.9 Å². The number of para-hydroxylation sites is 1. The predicted molar refractivity (Wildman–Crippen MR) is 127 cm³/mol. The van der Waals surface area contributed by atoms with E-state index in [1.165, 1.54) is 17.0 Å². The first kappa shape index (κ1) is 25.7. The second-order valence-corrected chi connectivity index (χ2v) is 8.80. The monoisotopic (exact) mass is 444 g/mol. The van der Waals surface area contributed by atoms with Crippen molar-refractivity contribution in [2.45, 2.75) is 46.2 Å². The number of hydrogen-bond acceptors (Lipinski definition) is 2. The van der Waals surface area contributed by atoms with Gasteiger partial charge in [-0.1, -0.05) is 44.2 Å². The Kier molecular flexibility index (Phi) is 11.0. The number of carbonyl (C=O) groups is 1. The number of amides is 2. The minimum atomic E-state index is -0.244. The van der Waals surface area contributed by atoms with E-state index in [9.17, 15) is 9.18 Å². The lowest BCUT2D eigenvalue weighted by Gasteiger charge is -2.35. The van der Waals surface area contributed by atoms with E-state index in [1.54, 1.807) is 12.1 Å². The van der Waals surface area contributed by atoms with Gasteiger partial charge in [0.15, 0.2) is 0 Å². The molecule has 1 saturated heterocycles. The van der Waals surface area contributed by atoms with E-state index in [-0.39, 0.29) is 17.9 Å². The standard InChI is InChI=1S/C16H24FN3O.C10H14O/c1-3-18-16(21)20(15-8-10-19(2)11-9-15)12-13-4-6-14(17)7-5-13;1-9(2)8-11-10-6-4-3-5-7-10/h4-7,15H,3,8-12H2,1-2H3,(H,18,21);3-7,9H,8H2,1-2H3/p+1. The Morgan fingerprint density at radius 2 is 1.75 bits per heavy atom. The van der Waals surface area contributed by atoms with Crippen molar-refractivity contribution < 1.29 is 18.8 Å². The summed E-state index contributed by atoms with van der Waals surface area (Å²) in [4.78, 5) is 15.8. The van der Waals surface area contributed by atoms with Crippen molar-refractivity contribution in [2.75, 3.05) is 33.3 Å². The van der Waals surface area contributed by atoms with Gasteiger partial charge in [-0.2, -0.15) is 0 Å². The topological polar surface area (TPSA) is 46.0 Å². The van der Waals surface area contributed by atoms with Crippen molar-refractivity contribution in [2.24, 2.45) is 5.92 Å². The first-order chi connectivity index (χ1) is 15.4. The zero-order chi connectivity index (χ0) is 23.3. The third kappa shape index (κ3) is 9.27. The van der Waals surface area contributed by atoms with Crippen LogP contribution in [0, 0.1) is 11.7 Å². The number of hydrogen-bond donors (Lipinski definition) is 2. The van der Waals surface area contributed by atoms with Gasteiger partial charge in [0, 0.05) is 32.0 Å². The molecule has 1 aliphatic rings. The molecule has 2 amide bonds. The molecule has 0 atom stereocenters. The maximum absolute atomic E-state index is 13.0. The molecule has 0 spiro atoms. The van der Waals surface area contributed by atoms with Gasteiger partial charge < -0.3 is 19.9 Å². The number of quaternary nitrogens is 1. The zero-order valence-electron chi connectivity index (χ0n) is 19.9. The molecule has 0 aliphatic carbocycles. The Labute approximate surface area is 192 Å². The maximum atomic E-state index is 13.0. The van der Waals surface area contributed by atoms with Crippen LogP contribution in [0.3, 0.4) is 0 Å². The van der Waals surface area contributed by atoms with Crippen LogP contribution < -0.4 is 15.0 Å². The molecule has 2 N–H and O–H groups in total. The van der Waals surface area contributed by atoms with Gasteiger partial charge in [0.1, 0.15) is 11.6 Å². The van der Waals surface area contributed by atoms with E-state index in [4.69, 9.17) is 4.74 Å². The molecular formula is C26H39FN3O2+. The highest BCUT2D eigenvalue weighted by molar-refractivity contribution is 5.74. The summed E-state index contributed by atoms with van der Waals surface area (Å²) in [5, 5.41) is 2.89. The molecule has 5 nitrogen and oxygen atoms in total. The second-order valence-electron chi connectivity index (χ2n) is 8.80. The molecule has 6 heteroatoms. The van der Waals surface area contributed by atoms with Crippen LogP contribution in [-0.2, 0) is 6.54 Å². The molecule has 1 aliphatic heterocycles. The number of urea groups is 1. The van der Waals surface area contributed by atoms with Gasteiger partial charge in [-0.25, -0.2) is 9.18 Å². The second kappa shape index (κ2) is 13.7. The van der Waals surface area contributed by atoms with Crippen LogP contribution >= 0.6 is 0 Å². The summed E-state index contributed by atoms with van der Waals surface area (Å²) in [7, 11) is 2.19. The van der Waals surface area contributed by atoms with E-state index in [2.05, 4.69) is 26.2 Å². The summed E-state index contributed by atoms with van der Waals surface area (Å²) >= 11 is 0. The number of ether oxygens (including phenoxy) is 1. The van der Waals surface area contributed by atoms with Crippen LogP contribution in [0.1, 0.15) is 39.2 Å². The van der Waals surface area contributed by atoms with Crippen molar-refractivity contribution in [1.82, 2.24) is 10.2 Å². The van der Waals surface area contributed by atoms with Crippen LogP contribution in [0.15, 0.2) is 54.6 Å². The summed E-state index contributed by atoms with van der Waals surface area (Å²) in [5.41, 5.74) is 0.967. The van der Waals surface area contributed by atoms with Gasteiger partial charge in [-0.05, 0) is 42.7 Å². The molecule has 0 radical (unpaired) electrons. The van der Waals surface area contributed by atoms with E-state index in [1.807, 2.05) is 42.2 Å². The van der Waals surface area contributed by atoms with Crippen LogP contribution in [0.5, 0.6) is 5.75 Å². The van der Waals surface area contributed by atoms with Crippen molar-refractivity contribution in [1.29, 1.82) is 0 Å². The lowest BCUT2D eigenvalue weighted by Crippen LogP contribution is -3.10. The normalized spacial score (nSPS) is 17.8. The molecule has 0 bridgehead atoms.